The van der Waals surface area contributed by atoms with Gasteiger partial charge in [0, 0.05) is 19.6 Å². The molecule has 1 saturated heterocycles. The van der Waals surface area contributed by atoms with Crippen molar-refractivity contribution >= 4 is 27.3 Å². The molecule has 1 fully saturated rings. The molecular formula is C20H26N2O4S2. The van der Waals surface area contributed by atoms with Gasteiger partial charge in [-0.05, 0) is 55.8 Å². The lowest BCUT2D eigenvalue weighted by Crippen LogP contribution is -2.45. The minimum absolute atomic E-state index is 0.103. The van der Waals surface area contributed by atoms with Crippen molar-refractivity contribution in [1.29, 1.82) is 0 Å². The Morgan fingerprint density at radius 3 is 2.68 bits per heavy atom. The Balaban J connectivity index is 1.56. The van der Waals surface area contributed by atoms with Gasteiger partial charge in [-0.25, -0.2) is 8.42 Å². The number of carbonyl (C=O) groups excluding carboxylic acids is 1. The van der Waals surface area contributed by atoms with E-state index in [0.29, 0.717) is 30.1 Å². The maximum absolute atomic E-state index is 12.7. The average molecular weight is 423 g/mol. The molecule has 1 aromatic heterocycles. The molecule has 1 N–H and O–H groups in total. The SMILES string of the molecule is CC(C)Oc1ccc(CNC(=O)C2CCCN(S(=O)(=O)c3cccs3)C2)cc1. The third kappa shape index (κ3) is 5.12. The zero-order chi connectivity index (χ0) is 20.1. The van der Waals surface area contributed by atoms with Gasteiger partial charge in [0.15, 0.2) is 0 Å². The van der Waals surface area contributed by atoms with Gasteiger partial charge in [0.05, 0.1) is 12.0 Å². The molecule has 0 radical (unpaired) electrons. The first-order chi connectivity index (χ1) is 13.4. The number of nitrogens with one attached hydrogen (secondary N) is 1. The van der Waals surface area contributed by atoms with E-state index in [0.717, 1.165) is 11.3 Å². The molecule has 3 rings (SSSR count). The highest BCUT2D eigenvalue weighted by Crippen LogP contribution is 2.26. The number of rotatable bonds is 7. The molecule has 0 spiro atoms. The van der Waals surface area contributed by atoms with E-state index in [1.54, 1.807) is 17.5 Å². The number of hydrogen-bond acceptors (Lipinski definition) is 5. The smallest absolute Gasteiger partial charge is 0.252 e. The van der Waals surface area contributed by atoms with Crippen LogP contribution in [0.15, 0.2) is 46.0 Å². The van der Waals surface area contributed by atoms with E-state index in [9.17, 15) is 13.2 Å². The predicted molar refractivity (Wildman–Crippen MR) is 110 cm³/mol. The number of benzene rings is 1. The van der Waals surface area contributed by atoms with Crippen molar-refractivity contribution in [3.8, 4) is 5.75 Å². The summed E-state index contributed by atoms with van der Waals surface area (Å²) < 4.78 is 32.8. The number of piperidine rings is 1. The van der Waals surface area contributed by atoms with Crippen LogP contribution in [0.1, 0.15) is 32.3 Å². The van der Waals surface area contributed by atoms with E-state index in [2.05, 4.69) is 5.32 Å². The fraction of sp³-hybridized carbons (Fsp3) is 0.450. The zero-order valence-corrected chi connectivity index (χ0v) is 17.8. The lowest BCUT2D eigenvalue weighted by Gasteiger charge is -2.30. The van der Waals surface area contributed by atoms with Crippen LogP contribution in [-0.2, 0) is 21.4 Å². The molecule has 1 aliphatic heterocycles. The summed E-state index contributed by atoms with van der Waals surface area (Å²) in [5.41, 5.74) is 0.975. The summed E-state index contributed by atoms with van der Waals surface area (Å²) in [6.45, 7) is 5.05. The molecule has 6 nitrogen and oxygen atoms in total. The van der Waals surface area contributed by atoms with E-state index in [1.165, 1.54) is 15.6 Å². The van der Waals surface area contributed by atoms with Gasteiger partial charge in [0.25, 0.3) is 10.0 Å². The lowest BCUT2D eigenvalue weighted by molar-refractivity contribution is -0.126. The minimum Gasteiger partial charge on any atom is -0.491 e. The van der Waals surface area contributed by atoms with Crippen molar-refractivity contribution in [2.24, 2.45) is 5.92 Å². The van der Waals surface area contributed by atoms with Gasteiger partial charge in [0.1, 0.15) is 9.96 Å². The van der Waals surface area contributed by atoms with Crippen molar-refractivity contribution < 1.29 is 17.9 Å². The fourth-order valence-electron chi connectivity index (χ4n) is 3.20. The van der Waals surface area contributed by atoms with Crippen molar-refractivity contribution in [1.82, 2.24) is 9.62 Å². The Morgan fingerprint density at radius 2 is 2.04 bits per heavy atom. The number of ether oxygens (including phenoxy) is 1. The summed E-state index contributed by atoms with van der Waals surface area (Å²) >= 11 is 1.20. The Kier molecular flexibility index (Phi) is 6.74. The quantitative estimate of drug-likeness (QED) is 0.743. The molecule has 0 bridgehead atoms. The van der Waals surface area contributed by atoms with Gasteiger partial charge < -0.3 is 10.1 Å². The molecular weight excluding hydrogens is 396 g/mol. The van der Waals surface area contributed by atoms with Gasteiger partial charge in [-0.3, -0.25) is 4.79 Å². The first kappa shape index (κ1) is 20.8. The summed E-state index contributed by atoms with van der Waals surface area (Å²) in [6.07, 6.45) is 1.50. The number of hydrogen-bond donors (Lipinski definition) is 1. The summed E-state index contributed by atoms with van der Waals surface area (Å²) in [5, 5.41) is 4.69. The van der Waals surface area contributed by atoms with Gasteiger partial charge in [-0.1, -0.05) is 18.2 Å². The molecule has 2 aromatic rings. The van der Waals surface area contributed by atoms with Gasteiger partial charge in [-0.2, -0.15) is 4.31 Å². The molecule has 152 valence electrons. The number of nitrogens with zero attached hydrogens (tertiary/aromatic N) is 1. The van der Waals surface area contributed by atoms with Crippen LogP contribution in [0.25, 0.3) is 0 Å². The first-order valence-corrected chi connectivity index (χ1v) is 11.7. The van der Waals surface area contributed by atoms with E-state index >= 15 is 0 Å². The van der Waals surface area contributed by atoms with Gasteiger partial charge in [0.2, 0.25) is 5.91 Å². The first-order valence-electron chi connectivity index (χ1n) is 9.43. The second kappa shape index (κ2) is 9.07. The number of thiophene rings is 1. The largest absolute Gasteiger partial charge is 0.491 e. The predicted octanol–water partition coefficient (Wildman–Crippen LogP) is 3.25. The van der Waals surface area contributed by atoms with E-state index in [-0.39, 0.29) is 24.5 Å². The van der Waals surface area contributed by atoms with E-state index in [4.69, 9.17) is 4.74 Å². The highest BCUT2D eigenvalue weighted by Gasteiger charge is 2.33. The molecule has 8 heteroatoms. The Bertz CT molecular complexity index is 877. The van der Waals surface area contributed by atoms with E-state index in [1.807, 2.05) is 38.1 Å². The molecule has 1 amide bonds. The standard InChI is InChI=1S/C20H26N2O4S2/c1-15(2)26-18-9-7-16(8-10-18)13-21-20(23)17-5-3-11-22(14-17)28(24,25)19-6-4-12-27-19/h4,6-10,12,15,17H,3,5,11,13-14H2,1-2H3,(H,21,23). The molecule has 2 heterocycles. The molecule has 1 aromatic carbocycles. The van der Waals surface area contributed by atoms with Crippen LogP contribution in [0, 0.1) is 5.92 Å². The molecule has 1 atom stereocenters. The van der Waals surface area contributed by atoms with Crippen LogP contribution in [0.3, 0.4) is 0 Å². The summed E-state index contributed by atoms with van der Waals surface area (Å²) in [5.74, 6) is 0.368. The normalized spacial score (nSPS) is 18.2. The monoisotopic (exact) mass is 422 g/mol. The maximum atomic E-state index is 12.7. The second-order valence-corrected chi connectivity index (χ2v) is 10.3. The Labute approximate surface area is 170 Å². The Morgan fingerprint density at radius 1 is 1.29 bits per heavy atom. The molecule has 0 aliphatic carbocycles. The summed E-state index contributed by atoms with van der Waals surface area (Å²) in [7, 11) is -3.51. The van der Waals surface area contributed by atoms with Crippen molar-refractivity contribution in [2.75, 3.05) is 13.1 Å². The third-order valence-corrected chi connectivity index (χ3v) is 7.84. The highest BCUT2D eigenvalue weighted by atomic mass is 32.2. The van der Waals surface area contributed by atoms with Crippen LogP contribution in [-0.4, -0.2) is 37.8 Å². The van der Waals surface area contributed by atoms with Crippen LogP contribution in [0.5, 0.6) is 5.75 Å². The third-order valence-electron chi connectivity index (χ3n) is 4.61. The summed E-state index contributed by atoms with van der Waals surface area (Å²) in [4.78, 5) is 12.6. The lowest BCUT2D eigenvalue weighted by atomic mass is 9.99. The van der Waals surface area contributed by atoms with Crippen LogP contribution >= 0.6 is 11.3 Å². The van der Waals surface area contributed by atoms with Crippen LogP contribution in [0.4, 0.5) is 0 Å². The van der Waals surface area contributed by atoms with Gasteiger partial charge >= 0.3 is 0 Å². The fourth-order valence-corrected chi connectivity index (χ4v) is 5.87. The molecule has 1 unspecified atom stereocenters. The van der Waals surface area contributed by atoms with Crippen LogP contribution in [0.2, 0.25) is 0 Å². The maximum Gasteiger partial charge on any atom is 0.252 e. The highest BCUT2D eigenvalue weighted by molar-refractivity contribution is 7.91. The minimum atomic E-state index is -3.51. The van der Waals surface area contributed by atoms with Crippen LogP contribution < -0.4 is 10.1 Å². The second-order valence-electron chi connectivity index (χ2n) is 7.16. The summed E-state index contributed by atoms with van der Waals surface area (Å²) in [6, 6.07) is 11.0. The van der Waals surface area contributed by atoms with Crippen molar-refractivity contribution in [2.45, 2.75) is 43.5 Å². The number of sulfonamides is 1. The number of amides is 1. The molecule has 0 saturated carbocycles. The molecule has 28 heavy (non-hydrogen) atoms. The Hall–Kier alpha value is -1.90. The van der Waals surface area contributed by atoms with Crippen molar-refractivity contribution in [3.05, 3.63) is 47.3 Å². The van der Waals surface area contributed by atoms with E-state index < -0.39 is 10.0 Å². The number of carbonyl (C=O) groups is 1. The average Bonchev–Trinajstić information content (AvgIpc) is 3.22. The van der Waals surface area contributed by atoms with Gasteiger partial charge in [-0.15, -0.1) is 11.3 Å². The van der Waals surface area contributed by atoms with Crippen molar-refractivity contribution in [3.63, 3.8) is 0 Å². The zero-order valence-electron chi connectivity index (χ0n) is 16.1. The molecule has 1 aliphatic rings. The topological polar surface area (TPSA) is 75.7 Å².